The highest BCUT2D eigenvalue weighted by Gasteiger charge is 2.31. The van der Waals surface area contributed by atoms with E-state index in [0.29, 0.717) is 6.42 Å². The van der Waals surface area contributed by atoms with Gasteiger partial charge in [-0.05, 0) is 18.3 Å². The number of rotatable bonds is 11. The van der Waals surface area contributed by atoms with Crippen LogP contribution in [0.4, 0.5) is 0 Å². The summed E-state index contributed by atoms with van der Waals surface area (Å²) in [5, 5.41) is 22.8. The van der Waals surface area contributed by atoms with E-state index in [1.54, 1.807) is 6.92 Å². The number of hydrogen-bond acceptors (Lipinski definition) is 5. The Morgan fingerprint density at radius 3 is 1.96 bits per heavy atom. The van der Waals surface area contributed by atoms with Crippen LogP contribution < -0.4 is 16.4 Å². The summed E-state index contributed by atoms with van der Waals surface area (Å²) in [6.07, 6.45) is 0.263. The Balaban J connectivity index is 5.11. The van der Waals surface area contributed by atoms with Crippen LogP contribution in [-0.4, -0.2) is 52.1 Å². The molecule has 6 N–H and O–H groups in total. The molecule has 4 atom stereocenters. The third-order valence-electron chi connectivity index (χ3n) is 3.85. The maximum atomic E-state index is 12.4. The molecule has 0 bridgehead atoms. The fourth-order valence-corrected chi connectivity index (χ4v) is 2.20. The topological polar surface area (TPSA) is 159 Å². The summed E-state index contributed by atoms with van der Waals surface area (Å²) < 4.78 is 0. The van der Waals surface area contributed by atoms with Gasteiger partial charge in [0, 0.05) is 0 Å². The van der Waals surface area contributed by atoms with Crippen LogP contribution in [0.15, 0.2) is 0 Å². The van der Waals surface area contributed by atoms with E-state index in [4.69, 9.17) is 10.8 Å². The molecule has 0 aromatic heterocycles. The minimum atomic E-state index is -1.29. The van der Waals surface area contributed by atoms with Crippen LogP contribution in [0.25, 0.3) is 0 Å². The van der Waals surface area contributed by atoms with Crippen molar-refractivity contribution in [2.75, 3.05) is 0 Å². The third kappa shape index (κ3) is 8.48. The minimum absolute atomic E-state index is 0.0404. The molecule has 0 aliphatic rings. The van der Waals surface area contributed by atoms with Gasteiger partial charge in [0.2, 0.25) is 11.8 Å². The van der Waals surface area contributed by atoms with Crippen molar-refractivity contribution in [3.63, 3.8) is 0 Å². The summed E-state index contributed by atoms with van der Waals surface area (Å²) in [6, 6.07) is -3.35. The van der Waals surface area contributed by atoms with Gasteiger partial charge in [-0.3, -0.25) is 14.4 Å². The molecule has 0 radical (unpaired) electrons. The Morgan fingerprint density at radius 1 is 1.00 bits per heavy atom. The molecule has 0 aliphatic carbocycles. The maximum absolute atomic E-state index is 12.4. The quantitative estimate of drug-likeness (QED) is 0.345. The number of nitrogens with two attached hydrogens (primary N) is 1. The van der Waals surface area contributed by atoms with Gasteiger partial charge in [-0.25, -0.2) is 4.79 Å². The lowest BCUT2D eigenvalue weighted by atomic mass is 9.97. The van der Waals surface area contributed by atoms with E-state index < -0.39 is 48.3 Å². The Bertz CT molecular complexity index is 494. The van der Waals surface area contributed by atoms with Crippen molar-refractivity contribution in [2.45, 2.75) is 65.1 Å². The van der Waals surface area contributed by atoms with Crippen molar-refractivity contribution in [1.82, 2.24) is 10.6 Å². The number of carbonyl (C=O) groups is 4. The molecule has 9 heteroatoms. The first-order valence-corrected chi connectivity index (χ1v) is 8.30. The minimum Gasteiger partial charge on any atom is -0.481 e. The molecule has 0 saturated heterocycles. The monoisotopic (exact) mass is 359 g/mol. The molecule has 0 aliphatic heterocycles. The van der Waals surface area contributed by atoms with Crippen molar-refractivity contribution in [3.8, 4) is 0 Å². The Labute approximate surface area is 147 Å². The first-order chi connectivity index (χ1) is 11.5. The highest BCUT2D eigenvalue weighted by molar-refractivity contribution is 5.92. The number of carboxylic acids is 2. The molecule has 0 aromatic carbocycles. The second-order valence-corrected chi connectivity index (χ2v) is 6.61. The van der Waals surface area contributed by atoms with Gasteiger partial charge in [0.05, 0.1) is 12.5 Å². The van der Waals surface area contributed by atoms with Crippen LogP contribution >= 0.6 is 0 Å². The molecular formula is C16H29N3O6. The smallest absolute Gasteiger partial charge is 0.326 e. The standard InChI is InChI=1S/C16H29N3O6/c1-5-9(4)13(16(24)25)19-15(23)11(6-8(2)3)18-14(22)10(17)7-12(20)21/h8-11,13H,5-7,17H2,1-4H3,(H,18,22)(H,19,23)(H,20,21)(H,24,25)/t9-,10-,11-,13-/m0/s1. The molecule has 0 spiro atoms. The highest BCUT2D eigenvalue weighted by Crippen LogP contribution is 2.11. The molecule has 0 saturated carbocycles. The Morgan fingerprint density at radius 2 is 1.56 bits per heavy atom. The van der Waals surface area contributed by atoms with E-state index in [2.05, 4.69) is 10.6 Å². The van der Waals surface area contributed by atoms with Gasteiger partial charge in [-0.15, -0.1) is 0 Å². The van der Waals surface area contributed by atoms with Gasteiger partial charge in [0.25, 0.3) is 0 Å². The van der Waals surface area contributed by atoms with Crippen LogP contribution in [0.1, 0.15) is 47.0 Å². The van der Waals surface area contributed by atoms with Gasteiger partial charge in [-0.1, -0.05) is 34.1 Å². The van der Waals surface area contributed by atoms with E-state index in [0.717, 1.165) is 0 Å². The maximum Gasteiger partial charge on any atom is 0.326 e. The molecule has 0 rings (SSSR count). The van der Waals surface area contributed by atoms with Crippen LogP contribution in [-0.2, 0) is 19.2 Å². The summed E-state index contributed by atoms with van der Waals surface area (Å²) in [4.78, 5) is 46.4. The lowest BCUT2D eigenvalue weighted by Crippen LogP contribution is -2.56. The number of aliphatic carboxylic acids is 2. The molecule has 0 heterocycles. The predicted molar refractivity (Wildman–Crippen MR) is 90.6 cm³/mol. The van der Waals surface area contributed by atoms with Crippen LogP contribution in [0, 0.1) is 11.8 Å². The number of carbonyl (C=O) groups excluding carboxylic acids is 2. The van der Waals surface area contributed by atoms with Gasteiger partial charge in [-0.2, -0.15) is 0 Å². The second-order valence-electron chi connectivity index (χ2n) is 6.61. The average molecular weight is 359 g/mol. The lowest BCUT2D eigenvalue weighted by molar-refractivity contribution is -0.144. The van der Waals surface area contributed by atoms with Gasteiger partial charge in [0.15, 0.2) is 0 Å². The first kappa shape index (κ1) is 22.8. The summed E-state index contributed by atoms with van der Waals surface area (Å²) in [5.74, 6) is -4.02. The zero-order valence-corrected chi connectivity index (χ0v) is 15.1. The summed E-state index contributed by atoms with van der Waals surface area (Å²) in [5.41, 5.74) is 5.50. The van der Waals surface area contributed by atoms with Crippen LogP contribution in [0.3, 0.4) is 0 Å². The molecule has 0 fully saturated rings. The van der Waals surface area contributed by atoms with E-state index in [-0.39, 0.29) is 18.3 Å². The average Bonchev–Trinajstić information content (AvgIpc) is 2.49. The molecule has 2 amide bonds. The summed E-state index contributed by atoms with van der Waals surface area (Å²) >= 11 is 0. The van der Waals surface area contributed by atoms with E-state index >= 15 is 0 Å². The normalized spacial score (nSPS) is 15.8. The predicted octanol–water partition coefficient (Wildman–Crippen LogP) is -0.0652. The third-order valence-corrected chi connectivity index (χ3v) is 3.85. The molecule has 9 nitrogen and oxygen atoms in total. The lowest BCUT2D eigenvalue weighted by Gasteiger charge is -2.26. The molecule has 144 valence electrons. The Kier molecular flexibility index (Phi) is 9.73. The molecule has 0 aromatic rings. The summed E-state index contributed by atoms with van der Waals surface area (Å²) in [6.45, 7) is 7.20. The zero-order valence-electron chi connectivity index (χ0n) is 15.1. The van der Waals surface area contributed by atoms with E-state index in [1.165, 1.54) is 0 Å². The number of hydrogen-bond donors (Lipinski definition) is 5. The van der Waals surface area contributed by atoms with Gasteiger partial charge >= 0.3 is 11.9 Å². The Hall–Kier alpha value is -2.16. The second kappa shape index (κ2) is 10.7. The van der Waals surface area contributed by atoms with Gasteiger partial charge < -0.3 is 26.6 Å². The molecule has 0 unspecified atom stereocenters. The van der Waals surface area contributed by atoms with E-state index in [1.807, 2.05) is 20.8 Å². The fraction of sp³-hybridized carbons (Fsp3) is 0.750. The number of carboxylic acid groups (broad SMARTS) is 2. The number of amides is 2. The van der Waals surface area contributed by atoms with Gasteiger partial charge in [0.1, 0.15) is 12.1 Å². The van der Waals surface area contributed by atoms with Crippen molar-refractivity contribution >= 4 is 23.8 Å². The molecule has 25 heavy (non-hydrogen) atoms. The van der Waals surface area contributed by atoms with Crippen molar-refractivity contribution in [1.29, 1.82) is 0 Å². The highest BCUT2D eigenvalue weighted by atomic mass is 16.4. The molecular weight excluding hydrogens is 330 g/mol. The zero-order chi connectivity index (χ0) is 19.7. The van der Waals surface area contributed by atoms with Crippen molar-refractivity contribution < 1.29 is 29.4 Å². The fourth-order valence-electron chi connectivity index (χ4n) is 2.20. The van der Waals surface area contributed by atoms with Crippen LogP contribution in [0.2, 0.25) is 0 Å². The SMILES string of the molecule is CC[C@H](C)[C@H](NC(=O)[C@H](CC(C)C)NC(=O)[C@@H](N)CC(=O)O)C(=O)O. The number of nitrogens with one attached hydrogen (secondary N) is 2. The van der Waals surface area contributed by atoms with E-state index in [9.17, 15) is 24.3 Å². The van der Waals surface area contributed by atoms with Crippen molar-refractivity contribution in [2.24, 2.45) is 17.6 Å². The van der Waals surface area contributed by atoms with Crippen LogP contribution in [0.5, 0.6) is 0 Å². The largest absolute Gasteiger partial charge is 0.481 e. The van der Waals surface area contributed by atoms with Crippen molar-refractivity contribution in [3.05, 3.63) is 0 Å². The summed E-state index contributed by atoms with van der Waals surface area (Å²) in [7, 11) is 0. The first-order valence-electron chi connectivity index (χ1n) is 8.30.